The van der Waals surface area contributed by atoms with E-state index in [-0.39, 0.29) is 5.96 Å². The first-order chi connectivity index (χ1) is 8.09. The first-order valence-corrected chi connectivity index (χ1v) is 5.46. The van der Waals surface area contributed by atoms with E-state index in [9.17, 15) is 4.79 Å². The van der Waals surface area contributed by atoms with Gasteiger partial charge >= 0.3 is 5.97 Å². The van der Waals surface area contributed by atoms with Crippen molar-refractivity contribution in [3.05, 3.63) is 0 Å². The van der Waals surface area contributed by atoms with Gasteiger partial charge in [-0.25, -0.2) is 10.5 Å². The van der Waals surface area contributed by atoms with Crippen molar-refractivity contribution in [2.24, 2.45) is 10.8 Å². The third-order valence-electron chi connectivity index (χ3n) is 2.28. The minimum Gasteiger partial charge on any atom is -0.480 e. The molecule has 0 aromatic carbocycles. The van der Waals surface area contributed by atoms with Crippen molar-refractivity contribution in [3.63, 3.8) is 0 Å². The third kappa shape index (κ3) is 5.16. The zero-order valence-electron chi connectivity index (χ0n) is 9.52. The molecular weight excluding hydrogens is 224 g/mol. The van der Waals surface area contributed by atoms with E-state index in [0.717, 1.165) is 6.42 Å². The number of guanidine groups is 1. The van der Waals surface area contributed by atoms with Gasteiger partial charge in [-0.2, -0.15) is 5.10 Å². The fraction of sp³-hybridized carbons (Fsp3) is 0.667. The second kappa shape index (κ2) is 6.69. The van der Waals surface area contributed by atoms with Crippen molar-refractivity contribution in [3.8, 4) is 0 Å². The monoisotopic (exact) mass is 242 g/mol. The van der Waals surface area contributed by atoms with E-state index in [1.165, 1.54) is 5.12 Å². The van der Waals surface area contributed by atoms with Gasteiger partial charge in [-0.1, -0.05) is 0 Å². The maximum atomic E-state index is 11.0. The fourth-order valence-electron chi connectivity index (χ4n) is 1.44. The van der Waals surface area contributed by atoms with E-state index in [1.807, 2.05) is 0 Å². The predicted octanol–water partition coefficient (Wildman–Crippen LogP) is -1.10. The second-order valence-electron chi connectivity index (χ2n) is 3.71. The summed E-state index contributed by atoms with van der Waals surface area (Å²) in [5.74, 6) is -1.01. The number of nitrogens with one attached hydrogen (secondary N) is 3. The number of carboxylic acids is 1. The van der Waals surface area contributed by atoms with Gasteiger partial charge in [0.15, 0.2) is 5.96 Å². The molecule has 96 valence electrons. The summed E-state index contributed by atoms with van der Waals surface area (Å²) in [4.78, 5) is 11.0. The molecule has 1 unspecified atom stereocenters. The molecular formula is C9H18N6O2. The van der Waals surface area contributed by atoms with Crippen LogP contribution in [0.25, 0.3) is 0 Å². The van der Waals surface area contributed by atoms with Gasteiger partial charge in [0.1, 0.15) is 6.04 Å². The SMILES string of the molecule is N=C(N)NCCCC(NN1CCC=N1)C(=O)O. The average Bonchev–Trinajstić information content (AvgIpc) is 2.74. The molecule has 1 heterocycles. The van der Waals surface area contributed by atoms with Gasteiger partial charge in [-0.3, -0.25) is 10.2 Å². The van der Waals surface area contributed by atoms with Gasteiger partial charge in [0.2, 0.25) is 0 Å². The Bertz CT molecular complexity index is 306. The highest BCUT2D eigenvalue weighted by Crippen LogP contribution is 2.02. The molecule has 1 rings (SSSR count). The van der Waals surface area contributed by atoms with Crippen molar-refractivity contribution in [1.29, 1.82) is 5.41 Å². The van der Waals surface area contributed by atoms with Gasteiger partial charge in [0.25, 0.3) is 0 Å². The van der Waals surface area contributed by atoms with Gasteiger partial charge in [0.05, 0.1) is 6.54 Å². The van der Waals surface area contributed by atoms with E-state index in [2.05, 4.69) is 15.8 Å². The molecule has 0 aromatic heterocycles. The van der Waals surface area contributed by atoms with Crippen LogP contribution in [0.15, 0.2) is 5.10 Å². The third-order valence-corrected chi connectivity index (χ3v) is 2.28. The second-order valence-corrected chi connectivity index (χ2v) is 3.71. The molecule has 0 saturated carbocycles. The summed E-state index contributed by atoms with van der Waals surface area (Å²) < 4.78 is 0. The van der Waals surface area contributed by atoms with Crippen LogP contribution in [0.2, 0.25) is 0 Å². The number of hydrazine groups is 1. The van der Waals surface area contributed by atoms with Crippen molar-refractivity contribution in [2.45, 2.75) is 25.3 Å². The van der Waals surface area contributed by atoms with Crippen LogP contribution in [0.5, 0.6) is 0 Å². The summed E-state index contributed by atoms with van der Waals surface area (Å²) in [6.45, 7) is 1.18. The van der Waals surface area contributed by atoms with E-state index >= 15 is 0 Å². The molecule has 0 bridgehead atoms. The Balaban J connectivity index is 2.25. The highest BCUT2D eigenvalue weighted by Gasteiger charge is 2.20. The number of rotatable bonds is 7. The molecule has 17 heavy (non-hydrogen) atoms. The molecule has 1 atom stereocenters. The zero-order chi connectivity index (χ0) is 12.7. The number of carboxylic acid groups (broad SMARTS) is 1. The zero-order valence-corrected chi connectivity index (χ0v) is 9.52. The van der Waals surface area contributed by atoms with Crippen LogP contribution in [0.1, 0.15) is 19.3 Å². The number of hydrogen-bond donors (Lipinski definition) is 5. The summed E-state index contributed by atoms with van der Waals surface area (Å²) in [5.41, 5.74) is 7.94. The summed E-state index contributed by atoms with van der Waals surface area (Å²) in [6.07, 6.45) is 3.62. The fourth-order valence-corrected chi connectivity index (χ4v) is 1.44. The molecule has 8 heteroatoms. The molecule has 1 aliphatic rings. The van der Waals surface area contributed by atoms with Crippen molar-refractivity contribution in [2.75, 3.05) is 13.1 Å². The number of nitrogens with zero attached hydrogens (tertiary/aromatic N) is 2. The minimum absolute atomic E-state index is 0.103. The topological polar surface area (TPSA) is 127 Å². The maximum Gasteiger partial charge on any atom is 0.322 e. The standard InChI is InChI=1S/C9H18N6O2/c10-9(11)12-4-1-3-7(8(16)17)14-15-6-2-5-13-15/h5,7,14H,1-4,6H2,(H,16,17)(H4,10,11,12). The lowest BCUT2D eigenvalue weighted by molar-refractivity contribution is -0.141. The molecule has 0 amide bonds. The lowest BCUT2D eigenvalue weighted by Gasteiger charge is -2.21. The smallest absolute Gasteiger partial charge is 0.322 e. The molecule has 8 nitrogen and oxygen atoms in total. The van der Waals surface area contributed by atoms with E-state index in [0.29, 0.717) is 25.9 Å². The van der Waals surface area contributed by atoms with Crippen LogP contribution in [0.3, 0.4) is 0 Å². The molecule has 0 saturated heterocycles. The first-order valence-electron chi connectivity index (χ1n) is 5.46. The molecule has 6 N–H and O–H groups in total. The Hall–Kier alpha value is -1.83. The number of hydrogen-bond acceptors (Lipinski definition) is 5. The predicted molar refractivity (Wildman–Crippen MR) is 63.5 cm³/mol. The van der Waals surface area contributed by atoms with Crippen LogP contribution >= 0.6 is 0 Å². The van der Waals surface area contributed by atoms with Crippen LogP contribution in [0.4, 0.5) is 0 Å². The van der Waals surface area contributed by atoms with E-state index in [4.69, 9.17) is 16.2 Å². The lowest BCUT2D eigenvalue weighted by Crippen LogP contribution is -2.45. The summed E-state index contributed by atoms with van der Waals surface area (Å²) in [6, 6.07) is -0.668. The molecule has 0 fully saturated rings. The van der Waals surface area contributed by atoms with Gasteiger partial charge in [-0.15, -0.1) is 0 Å². The summed E-state index contributed by atoms with van der Waals surface area (Å²) >= 11 is 0. The minimum atomic E-state index is -0.907. The Labute approximate surface area is 99.3 Å². The van der Waals surface area contributed by atoms with Gasteiger partial charge < -0.3 is 16.2 Å². The van der Waals surface area contributed by atoms with Crippen molar-refractivity contribution in [1.82, 2.24) is 15.9 Å². The van der Waals surface area contributed by atoms with Gasteiger partial charge in [0, 0.05) is 19.2 Å². The Morgan fingerprint density at radius 3 is 3.00 bits per heavy atom. The molecule has 1 aliphatic heterocycles. The highest BCUT2D eigenvalue weighted by atomic mass is 16.4. The Morgan fingerprint density at radius 2 is 2.47 bits per heavy atom. The van der Waals surface area contributed by atoms with Crippen LogP contribution in [0, 0.1) is 5.41 Å². The highest BCUT2D eigenvalue weighted by molar-refractivity contribution is 5.74. The normalized spacial score (nSPS) is 15.9. The summed E-state index contributed by atoms with van der Waals surface area (Å²) in [5, 5.41) is 24.1. The number of aliphatic carboxylic acids is 1. The molecule has 0 radical (unpaired) electrons. The van der Waals surface area contributed by atoms with E-state index in [1.54, 1.807) is 6.21 Å². The van der Waals surface area contributed by atoms with Crippen molar-refractivity contribution >= 4 is 18.1 Å². The lowest BCUT2D eigenvalue weighted by atomic mass is 10.1. The first kappa shape index (κ1) is 13.2. The quantitative estimate of drug-likeness (QED) is 0.219. The van der Waals surface area contributed by atoms with Gasteiger partial charge in [-0.05, 0) is 12.8 Å². The van der Waals surface area contributed by atoms with Crippen LogP contribution in [-0.4, -0.2) is 47.5 Å². The number of carbonyl (C=O) groups is 1. The van der Waals surface area contributed by atoms with Crippen LogP contribution < -0.4 is 16.5 Å². The van der Waals surface area contributed by atoms with E-state index < -0.39 is 12.0 Å². The Morgan fingerprint density at radius 1 is 1.71 bits per heavy atom. The maximum absolute atomic E-state index is 11.0. The van der Waals surface area contributed by atoms with Crippen LogP contribution in [-0.2, 0) is 4.79 Å². The largest absolute Gasteiger partial charge is 0.480 e. The molecule has 0 aromatic rings. The summed E-state index contributed by atoms with van der Waals surface area (Å²) in [7, 11) is 0. The molecule has 0 aliphatic carbocycles. The number of hydrazone groups is 1. The Kier molecular flexibility index (Phi) is 5.21. The number of nitrogens with two attached hydrogens (primary N) is 1. The average molecular weight is 242 g/mol. The van der Waals surface area contributed by atoms with Crippen molar-refractivity contribution < 1.29 is 9.90 Å². The molecule has 0 spiro atoms.